The van der Waals surface area contributed by atoms with Crippen molar-refractivity contribution < 1.29 is 4.79 Å². The molecule has 1 heterocycles. The predicted octanol–water partition coefficient (Wildman–Crippen LogP) is 5.10. The first-order valence-corrected chi connectivity index (χ1v) is 11.4. The molecule has 0 bridgehead atoms. The molecule has 134 valence electrons. The molecule has 2 aromatic rings. The molecule has 1 aromatic heterocycles. The third-order valence-electron chi connectivity index (χ3n) is 5.40. The Bertz CT molecular complexity index is 699. The summed E-state index contributed by atoms with van der Waals surface area (Å²) in [6.07, 6.45) is 7.37. The molecule has 5 heteroatoms. The van der Waals surface area contributed by atoms with Crippen LogP contribution in [0.2, 0.25) is 0 Å². The number of benzene rings is 1. The lowest BCUT2D eigenvalue weighted by Crippen LogP contribution is -2.44. The lowest BCUT2D eigenvalue weighted by atomic mass is 9.86. The van der Waals surface area contributed by atoms with Gasteiger partial charge >= 0.3 is 0 Å². The van der Waals surface area contributed by atoms with Gasteiger partial charge < -0.3 is 4.90 Å². The minimum absolute atomic E-state index is 0.355. The fourth-order valence-electron chi connectivity index (χ4n) is 3.86. The number of aromatic nitrogens is 1. The van der Waals surface area contributed by atoms with E-state index in [9.17, 15) is 4.79 Å². The second kappa shape index (κ2) is 7.67. The summed E-state index contributed by atoms with van der Waals surface area (Å²) < 4.78 is 1.24. The molecule has 0 radical (unpaired) electrons. The summed E-state index contributed by atoms with van der Waals surface area (Å²) in [5.41, 5.74) is 1.07. The molecule has 25 heavy (non-hydrogen) atoms. The van der Waals surface area contributed by atoms with Crippen LogP contribution in [0, 0.1) is 5.92 Å². The number of para-hydroxylation sites is 1. The number of carbonyl (C=O) groups excluding carboxylic acids is 1. The molecule has 0 atom stereocenters. The van der Waals surface area contributed by atoms with E-state index in [1.165, 1.54) is 43.2 Å². The first-order chi connectivity index (χ1) is 12.2. The maximum Gasteiger partial charge on any atom is 0.233 e. The molecule has 0 spiro atoms. The highest BCUT2D eigenvalue weighted by atomic mass is 32.2. The highest BCUT2D eigenvalue weighted by Crippen LogP contribution is 2.36. The van der Waals surface area contributed by atoms with E-state index in [1.807, 2.05) is 6.07 Å². The van der Waals surface area contributed by atoms with Crippen molar-refractivity contribution in [3.05, 3.63) is 29.3 Å². The number of thiazole rings is 1. The molecule has 2 aliphatic rings. The van der Waals surface area contributed by atoms with Gasteiger partial charge in [-0.25, -0.2) is 4.98 Å². The van der Waals surface area contributed by atoms with E-state index in [-0.39, 0.29) is 0 Å². The molecule has 0 aliphatic heterocycles. The van der Waals surface area contributed by atoms with Crippen LogP contribution >= 0.6 is 23.1 Å². The van der Waals surface area contributed by atoms with Crippen LogP contribution in [0.3, 0.4) is 0 Å². The zero-order valence-electron chi connectivity index (χ0n) is 14.8. The molecule has 2 fully saturated rings. The average Bonchev–Trinajstić information content (AvgIpc) is 3.35. The fraction of sp³-hybridized carbons (Fsp3) is 0.600. The van der Waals surface area contributed by atoms with E-state index in [0.29, 0.717) is 23.7 Å². The Kier molecular flexibility index (Phi) is 5.32. The van der Waals surface area contributed by atoms with Gasteiger partial charge in [0.15, 0.2) is 0 Å². The molecular formula is C20H26N2OS2. The van der Waals surface area contributed by atoms with Crippen molar-refractivity contribution in [2.45, 2.75) is 63.3 Å². The number of amides is 1. The van der Waals surface area contributed by atoms with Gasteiger partial charge in [-0.1, -0.05) is 19.1 Å². The zero-order chi connectivity index (χ0) is 17.2. The number of fused-ring (bicyclic) bond motifs is 1. The molecular weight excluding hydrogens is 348 g/mol. The first-order valence-electron chi connectivity index (χ1n) is 9.44. The second-order valence-electron chi connectivity index (χ2n) is 7.51. The van der Waals surface area contributed by atoms with E-state index >= 15 is 0 Å². The van der Waals surface area contributed by atoms with Crippen LogP contribution in [0.25, 0.3) is 10.2 Å². The van der Waals surface area contributed by atoms with Crippen molar-refractivity contribution in [3.63, 3.8) is 0 Å². The van der Waals surface area contributed by atoms with Crippen LogP contribution in [0.5, 0.6) is 0 Å². The molecule has 0 saturated heterocycles. The van der Waals surface area contributed by atoms with Gasteiger partial charge in [0.1, 0.15) is 5.01 Å². The normalized spacial score (nSPS) is 23.7. The minimum atomic E-state index is 0.355. The van der Waals surface area contributed by atoms with Crippen LogP contribution in [0.15, 0.2) is 24.3 Å². The highest BCUT2D eigenvalue weighted by molar-refractivity contribution is 7.99. The fourth-order valence-corrected chi connectivity index (χ4v) is 5.77. The topological polar surface area (TPSA) is 33.2 Å². The van der Waals surface area contributed by atoms with Gasteiger partial charge in [-0.05, 0) is 56.6 Å². The molecule has 1 aromatic carbocycles. The number of nitrogens with zero attached hydrogens (tertiary/aromatic N) is 2. The number of hydrogen-bond donors (Lipinski definition) is 0. The minimum Gasteiger partial charge on any atom is -0.336 e. The van der Waals surface area contributed by atoms with Crippen LogP contribution in [-0.4, -0.2) is 33.6 Å². The Balaban J connectivity index is 1.32. The number of hydrogen-bond acceptors (Lipinski definition) is 4. The maximum atomic E-state index is 12.9. The van der Waals surface area contributed by atoms with Gasteiger partial charge in [-0.3, -0.25) is 4.79 Å². The van der Waals surface area contributed by atoms with Crippen molar-refractivity contribution in [1.29, 1.82) is 0 Å². The predicted molar refractivity (Wildman–Crippen MR) is 107 cm³/mol. The second-order valence-corrected chi connectivity index (χ2v) is 9.61. The first kappa shape index (κ1) is 17.3. The lowest BCUT2D eigenvalue weighted by molar-refractivity contribution is -0.132. The smallest absolute Gasteiger partial charge is 0.233 e. The summed E-state index contributed by atoms with van der Waals surface area (Å²) in [4.78, 5) is 19.8. The van der Waals surface area contributed by atoms with Crippen molar-refractivity contribution in [2.24, 2.45) is 5.92 Å². The van der Waals surface area contributed by atoms with Crippen LogP contribution in [0.1, 0.15) is 50.5 Å². The highest BCUT2D eigenvalue weighted by Gasteiger charge is 2.38. The van der Waals surface area contributed by atoms with Gasteiger partial charge in [0, 0.05) is 17.8 Å². The van der Waals surface area contributed by atoms with E-state index < -0.39 is 0 Å². The quantitative estimate of drug-likeness (QED) is 0.705. The van der Waals surface area contributed by atoms with Gasteiger partial charge in [0.05, 0.1) is 16.0 Å². The Morgan fingerprint density at radius 3 is 2.52 bits per heavy atom. The van der Waals surface area contributed by atoms with Gasteiger partial charge in [-0.15, -0.1) is 23.1 Å². The van der Waals surface area contributed by atoms with Crippen molar-refractivity contribution in [3.8, 4) is 0 Å². The van der Waals surface area contributed by atoms with E-state index in [1.54, 1.807) is 23.1 Å². The van der Waals surface area contributed by atoms with Crippen molar-refractivity contribution >= 4 is 39.2 Å². The third-order valence-corrected chi connectivity index (χ3v) is 7.54. The van der Waals surface area contributed by atoms with Crippen LogP contribution in [-0.2, 0) is 10.5 Å². The molecule has 2 saturated carbocycles. The Morgan fingerprint density at radius 1 is 1.16 bits per heavy atom. The monoisotopic (exact) mass is 374 g/mol. The summed E-state index contributed by atoms with van der Waals surface area (Å²) in [6.45, 7) is 2.34. The summed E-state index contributed by atoms with van der Waals surface area (Å²) >= 11 is 3.47. The van der Waals surface area contributed by atoms with Crippen molar-refractivity contribution in [2.75, 3.05) is 5.75 Å². The maximum absolute atomic E-state index is 12.9. The summed E-state index contributed by atoms with van der Waals surface area (Å²) in [5.74, 6) is 2.62. The number of carbonyl (C=O) groups is 1. The molecule has 4 rings (SSSR count). The van der Waals surface area contributed by atoms with Gasteiger partial charge in [-0.2, -0.15) is 0 Å². The number of rotatable bonds is 6. The zero-order valence-corrected chi connectivity index (χ0v) is 16.5. The van der Waals surface area contributed by atoms with Crippen molar-refractivity contribution in [1.82, 2.24) is 9.88 Å². The van der Waals surface area contributed by atoms with Crippen LogP contribution < -0.4 is 0 Å². The Morgan fingerprint density at radius 2 is 1.84 bits per heavy atom. The van der Waals surface area contributed by atoms with E-state index in [4.69, 9.17) is 0 Å². The SMILES string of the molecule is CC1CCC(N(C(=O)CSCc2nc3ccccc3s2)C2CC2)CC1. The van der Waals surface area contributed by atoms with Gasteiger partial charge in [0.2, 0.25) is 5.91 Å². The largest absolute Gasteiger partial charge is 0.336 e. The third kappa shape index (κ3) is 4.20. The Labute approximate surface area is 158 Å². The molecule has 0 unspecified atom stereocenters. The molecule has 3 nitrogen and oxygen atoms in total. The summed E-state index contributed by atoms with van der Waals surface area (Å²) in [7, 11) is 0. The number of thioether (sulfide) groups is 1. The Hall–Kier alpha value is -1.07. The van der Waals surface area contributed by atoms with Gasteiger partial charge in [0.25, 0.3) is 0 Å². The van der Waals surface area contributed by atoms with E-state index in [2.05, 4.69) is 35.0 Å². The standard InChI is InChI=1S/C20H26N2OS2/c1-14-6-8-15(9-7-14)22(16-10-11-16)20(23)13-24-12-19-21-17-4-2-3-5-18(17)25-19/h2-5,14-16H,6-13H2,1H3. The average molecular weight is 375 g/mol. The van der Waals surface area contributed by atoms with E-state index in [0.717, 1.165) is 22.2 Å². The molecule has 1 amide bonds. The lowest BCUT2D eigenvalue weighted by Gasteiger charge is -2.36. The molecule has 0 N–H and O–H groups in total. The summed E-state index contributed by atoms with van der Waals surface area (Å²) in [6, 6.07) is 9.30. The van der Waals surface area contributed by atoms with Crippen LogP contribution in [0.4, 0.5) is 0 Å². The molecule has 2 aliphatic carbocycles. The summed E-state index contributed by atoms with van der Waals surface area (Å²) in [5, 5.41) is 1.13.